The summed E-state index contributed by atoms with van der Waals surface area (Å²) in [4.78, 5) is 10.7. The van der Waals surface area contributed by atoms with E-state index >= 15 is 0 Å². The molecule has 48 valence electrons. The van der Waals surface area contributed by atoms with Gasteiger partial charge in [0.15, 0.2) is 5.78 Å². The largest absolute Gasteiger partial charge is 0.298 e. The van der Waals surface area contributed by atoms with Crippen molar-refractivity contribution >= 4 is 17.4 Å². The Kier molecular flexibility index (Phi) is 3.06. The molecule has 0 rings (SSSR count). The van der Waals surface area contributed by atoms with E-state index in [1.165, 1.54) is 0 Å². The Bertz CT molecular complexity index is 76.5. The van der Waals surface area contributed by atoms with E-state index in [-0.39, 0.29) is 17.1 Å². The molecule has 0 spiro atoms. The first-order valence-corrected chi connectivity index (χ1v) is 3.17. The van der Waals surface area contributed by atoms with E-state index < -0.39 is 0 Å². The zero-order valence-corrected chi connectivity index (χ0v) is 6.20. The predicted octanol–water partition coefficient (Wildman–Crippen LogP) is 1.84. The van der Waals surface area contributed by atoms with Crippen molar-refractivity contribution < 1.29 is 4.79 Å². The Morgan fingerprint density at radius 1 is 1.38 bits per heavy atom. The molecule has 0 aromatic heterocycles. The maximum absolute atomic E-state index is 10.7. The second-order valence-corrected chi connectivity index (χ2v) is 2.83. The highest BCUT2D eigenvalue weighted by Gasteiger charge is 2.12. The Labute approximate surface area is 55.0 Å². The van der Waals surface area contributed by atoms with Crippen LogP contribution in [0.25, 0.3) is 0 Å². The van der Waals surface area contributed by atoms with Crippen molar-refractivity contribution in [3.63, 3.8) is 0 Å². The van der Waals surface area contributed by atoms with E-state index in [9.17, 15) is 4.79 Å². The van der Waals surface area contributed by atoms with E-state index in [1.54, 1.807) is 6.92 Å². The molecule has 0 aromatic rings. The van der Waals surface area contributed by atoms with Gasteiger partial charge in [-0.15, -0.1) is 11.6 Å². The zero-order chi connectivity index (χ0) is 6.73. The van der Waals surface area contributed by atoms with Crippen molar-refractivity contribution in [3.05, 3.63) is 0 Å². The van der Waals surface area contributed by atoms with Gasteiger partial charge in [0.1, 0.15) is 0 Å². The fourth-order valence-electron chi connectivity index (χ4n) is 0.459. The van der Waals surface area contributed by atoms with Crippen molar-refractivity contribution in [2.24, 2.45) is 5.92 Å². The number of rotatable bonds is 2. The molecule has 0 aliphatic rings. The van der Waals surface area contributed by atoms with Crippen LogP contribution in [0.1, 0.15) is 20.8 Å². The standard InChI is InChI=1S/C6H11ClO/c1-4(2)6(8)5(3)7/h4-5H,1-3H3. The van der Waals surface area contributed by atoms with Crippen LogP contribution < -0.4 is 0 Å². The minimum absolute atomic E-state index is 0.0718. The first-order valence-electron chi connectivity index (χ1n) is 2.73. The maximum atomic E-state index is 10.7. The lowest BCUT2D eigenvalue weighted by atomic mass is 10.1. The average Bonchev–Trinajstić information content (AvgIpc) is 1.64. The summed E-state index contributed by atoms with van der Waals surface area (Å²) in [5, 5.41) is -0.324. The first kappa shape index (κ1) is 7.96. The van der Waals surface area contributed by atoms with Gasteiger partial charge >= 0.3 is 0 Å². The molecule has 0 radical (unpaired) electrons. The van der Waals surface area contributed by atoms with Crippen LogP contribution in [-0.2, 0) is 4.79 Å². The predicted molar refractivity (Wildman–Crippen MR) is 35.2 cm³/mol. The average molecular weight is 135 g/mol. The fraction of sp³-hybridized carbons (Fsp3) is 0.833. The van der Waals surface area contributed by atoms with Gasteiger partial charge in [0, 0.05) is 5.92 Å². The monoisotopic (exact) mass is 134 g/mol. The number of hydrogen-bond acceptors (Lipinski definition) is 1. The summed E-state index contributed by atoms with van der Waals surface area (Å²) >= 11 is 5.47. The minimum Gasteiger partial charge on any atom is -0.298 e. The van der Waals surface area contributed by atoms with Crippen LogP contribution in [0.3, 0.4) is 0 Å². The molecule has 1 unspecified atom stereocenters. The van der Waals surface area contributed by atoms with Crippen LogP contribution in [0.4, 0.5) is 0 Å². The SMILES string of the molecule is CC(C)C(=O)C(C)Cl. The summed E-state index contributed by atoms with van der Waals surface area (Å²) in [6.45, 7) is 5.40. The number of ketones is 1. The molecule has 0 saturated heterocycles. The summed E-state index contributed by atoms with van der Waals surface area (Å²) in [7, 11) is 0. The molecule has 0 amide bonds. The molecule has 0 heterocycles. The number of alkyl halides is 1. The van der Waals surface area contributed by atoms with Crippen LogP contribution >= 0.6 is 11.6 Å². The summed E-state index contributed by atoms with van der Waals surface area (Å²) < 4.78 is 0. The lowest BCUT2D eigenvalue weighted by molar-refractivity contribution is -0.121. The van der Waals surface area contributed by atoms with E-state index in [1.807, 2.05) is 13.8 Å². The number of carbonyl (C=O) groups excluding carboxylic acids is 1. The number of Topliss-reactive ketones (excluding diaryl/α,β-unsaturated/α-hetero) is 1. The van der Waals surface area contributed by atoms with Gasteiger partial charge in [-0.05, 0) is 6.92 Å². The quantitative estimate of drug-likeness (QED) is 0.527. The Hall–Kier alpha value is -0.0400. The minimum atomic E-state index is -0.324. The van der Waals surface area contributed by atoms with Crippen LogP contribution in [0.15, 0.2) is 0 Å². The van der Waals surface area contributed by atoms with Gasteiger partial charge in [-0.1, -0.05) is 13.8 Å². The van der Waals surface area contributed by atoms with Crippen LogP contribution in [-0.4, -0.2) is 11.2 Å². The third-order valence-electron chi connectivity index (χ3n) is 0.961. The smallest absolute Gasteiger partial charge is 0.152 e. The van der Waals surface area contributed by atoms with Crippen LogP contribution in [0, 0.1) is 5.92 Å². The summed E-state index contributed by atoms with van der Waals surface area (Å²) in [5.74, 6) is 0.189. The number of halogens is 1. The molecular formula is C6H11ClO. The zero-order valence-electron chi connectivity index (χ0n) is 5.44. The lowest BCUT2D eigenvalue weighted by Gasteiger charge is -2.03. The summed E-state index contributed by atoms with van der Waals surface area (Å²) in [6, 6.07) is 0. The molecule has 0 bridgehead atoms. The van der Waals surface area contributed by atoms with E-state index in [4.69, 9.17) is 11.6 Å². The Morgan fingerprint density at radius 2 is 1.75 bits per heavy atom. The normalized spacial score (nSPS) is 14.1. The second-order valence-electron chi connectivity index (χ2n) is 2.17. The molecule has 1 nitrogen and oxygen atoms in total. The summed E-state index contributed by atoms with van der Waals surface area (Å²) in [5.41, 5.74) is 0. The summed E-state index contributed by atoms with van der Waals surface area (Å²) in [6.07, 6.45) is 0. The van der Waals surface area contributed by atoms with Crippen molar-refractivity contribution in [2.45, 2.75) is 26.1 Å². The number of hydrogen-bond donors (Lipinski definition) is 0. The van der Waals surface area contributed by atoms with Gasteiger partial charge in [0.25, 0.3) is 0 Å². The fourth-order valence-corrected chi connectivity index (χ4v) is 0.711. The van der Waals surface area contributed by atoms with Crippen molar-refractivity contribution in [3.8, 4) is 0 Å². The van der Waals surface area contributed by atoms with Crippen LogP contribution in [0.2, 0.25) is 0 Å². The molecule has 2 heteroatoms. The van der Waals surface area contributed by atoms with E-state index in [2.05, 4.69) is 0 Å². The highest BCUT2D eigenvalue weighted by atomic mass is 35.5. The molecule has 0 N–H and O–H groups in total. The number of carbonyl (C=O) groups is 1. The lowest BCUT2D eigenvalue weighted by Crippen LogP contribution is -2.16. The van der Waals surface area contributed by atoms with Gasteiger partial charge in [0.2, 0.25) is 0 Å². The maximum Gasteiger partial charge on any atom is 0.152 e. The molecule has 0 aliphatic carbocycles. The van der Waals surface area contributed by atoms with Gasteiger partial charge in [-0.2, -0.15) is 0 Å². The molecule has 0 fully saturated rings. The third kappa shape index (κ3) is 2.31. The van der Waals surface area contributed by atoms with Crippen molar-refractivity contribution in [2.75, 3.05) is 0 Å². The van der Waals surface area contributed by atoms with Crippen LogP contribution in [0.5, 0.6) is 0 Å². The van der Waals surface area contributed by atoms with Crippen molar-refractivity contribution in [1.82, 2.24) is 0 Å². The van der Waals surface area contributed by atoms with Gasteiger partial charge < -0.3 is 0 Å². The molecule has 0 aliphatic heterocycles. The van der Waals surface area contributed by atoms with E-state index in [0.29, 0.717) is 0 Å². The third-order valence-corrected chi connectivity index (χ3v) is 1.18. The first-order chi connectivity index (χ1) is 3.55. The Morgan fingerprint density at radius 3 is 1.75 bits per heavy atom. The molecule has 1 atom stereocenters. The Balaban J connectivity index is 3.65. The molecule has 0 aromatic carbocycles. The van der Waals surface area contributed by atoms with Gasteiger partial charge in [-0.25, -0.2) is 0 Å². The topological polar surface area (TPSA) is 17.1 Å². The van der Waals surface area contributed by atoms with Crippen molar-refractivity contribution in [1.29, 1.82) is 0 Å². The highest BCUT2D eigenvalue weighted by Crippen LogP contribution is 2.03. The molecule has 8 heavy (non-hydrogen) atoms. The van der Waals surface area contributed by atoms with Gasteiger partial charge in [-0.3, -0.25) is 4.79 Å². The molecule has 0 saturated carbocycles. The molecular weight excluding hydrogens is 124 g/mol. The second kappa shape index (κ2) is 3.08. The van der Waals surface area contributed by atoms with E-state index in [0.717, 1.165) is 0 Å². The van der Waals surface area contributed by atoms with Gasteiger partial charge in [0.05, 0.1) is 5.38 Å². The highest BCUT2D eigenvalue weighted by molar-refractivity contribution is 6.30.